The quantitative estimate of drug-likeness (QED) is 0.608. The number of nitrogens with zero attached hydrogens (tertiary/aromatic N) is 1. The second kappa shape index (κ2) is 4.55. The van der Waals surface area contributed by atoms with Gasteiger partial charge in [0.25, 0.3) is 0 Å². The number of nitrogens with two attached hydrogens (primary N) is 1. The first kappa shape index (κ1) is 11.9. The van der Waals surface area contributed by atoms with Gasteiger partial charge in [-0.25, -0.2) is 0 Å². The van der Waals surface area contributed by atoms with E-state index in [4.69, 9.17) is 11.2 Å². The normalized spacial score (nSPS) is 9.38. The van der Waals surface area contributed by atoms with Crippen LogP contribution < -0.4 is 10.7 Å². The standard InChI is InChI=1S/C11H10N2O3/c1-6(14)10-8(5-12)3-4-9(16-13)11(10)7(2)15/h3-4H,13H2,1-2H3. The summed E-state index contributed by atoms with van der Waals surface area (Å²) in [6.07, 6.45) is 0. The minimum atomic E-state index is -0.374. The molecule has 0 spiro atoms. The van der Waals surface area contributed by atoms with Crippen LogP contribution >= 0.6 is 0 Å². The summed E-state index contributed by atoms with van der Waals surface area (Å²) in [5.74, 6) is 4.35. The monoisotopic (exact) mass is 218 g/mol. The van der Waals surface area contributed by atoms with Crippen molar-refractivity contribution in [2.75, 3.05) is 0 Å². The zero-order valence-electron chi connectivity index (χ0n) is 8.90. The SMILES string of the molecule is CC(=O)c1c(C#N)ccc(ON)c1C(C)=O. The van der Waals surface area contributed by atoms with Gasteiger partial charge in [0.15, 0.2) is 17.3 Å². The molecule has 0 amide bonds. The molecule has 5 nitrogen and oxygen atoms in total. The van der Waals surface area contributed by atoms with Gasteiger partial charge in [0.1, 0.15) is 0 Å². The molecule has 5 heteroatoms. The molecular weight excluding hydrogens is 208 g/mol. The summed E-state index contributed by atoms with van der Waals surface area (Å²) < 4.78 is 0. The van der Waals surface area contributed by atoms with Crippen LogP contribution in [-0.4, -0.2) is 11.6 Å². The molecule has 0 fully saturated rings. The Labute approximate surface area is 92.4 Å². The third kappa shape index (κ3) is 1.92. The lowest BCUT2D eigenvalue weighted by Crippen LogP contribution is -2.12. The molecule has 1 rings (SSSR count). The molecule has 1 aromatic carbocycles. The van der Waals surface area contributed by atoms with Crippen molar-refractivity contribution < 1.29 is 14.4 Å². The lowest BCUT2D eigenvalue weighted by atomic mass is 9.95. The summed E-state index contributed by atoms with van der Waals surface area (Å²) in [5, 5.41) is 8.85. The molecular formula is C11H10N2O3. The van der Waals surface area contributed by atoms with Crippen molar-refractivity contribution >= 4 is 11.6 Å². The average Bonchev–Trinajstić information content (AvgIpc) is 2.26. The van der Waals surface area contributed by atoms with E-state index in [9.17, 15) is 9.59 Å². The van der Waals surface area contributed by atoms with Crippen LogP contribution in [0.5, 0.6) is 5.75 Å². The molecule has 0 aliphatic carbocycles. The van der Waals surface area contributed by atoms with Crippen molar-refractivity contribution in [3.05, 3.63) is 28.8 Å². The second-order valence-electron chi connectivity index (χ2n) is 3.20. The summed E-state index contributed by atoms with van der Waals surface area (Å²) in [5.41, 5.74) is 0.241. The van der Waals surface area contributed by atoms with Gasteiger partial charge >= 0.3 is 0 Å². The topological polar surface area (TPSA) is 93.2 Å². The molecule has 0 aliphatic heterocycles. The second-order valence-corrected chi connectivity index (χ2v) is 3.20. The number of benzene rings is 1. The van der Waals surface area contributed by atoms with Gasteiger partial charge in [-0.05, 0) is 26.0 Å². The maximum atomic E-state index is 11.4. The number of carbonyl (C=O) groups is 2. The molecule has 16 heavy (non-hydrogen) atoms. The maximum Gasteiger partial charge on any atom is 0.164 e. The molecule has 0 atom stereocenters. The van der Waals surface area contributed by atoms with Crippen LogP contribution in [0.25, 0.3) is 0 Å². The third-order valence-electron chi connectivity index (χ3n) is 2.12. The number of hydrogen-bond donors (Lipinski definition) is 1. The van der Waals surface area contributed by atoms with Gasteiger partial charge in [-0.1, -0.05) is 0 Å². The molecule has 0 unspecified atom stereocenters. The van der Waals surface area contributed by atoms with Crippen LogP contribution in [-0.2, 0) is 0 Å². The highest BCUT2D eigenvalue weighted by Crippen LogP contribution is 2.25. The minimum absolute atomic E-state index is 0.0500. The highest BCUT2D eigenvalue weighted by molar-refractivity contribution is 6.10. The summed E-state index contributed by atoms with van der Waals surface area (Å²) in [7, 11) is 0. The summed E-state index contributed by atoms with van der Waals surface area (Å²) in [6, 6.07) is 4.64. The van der Waals surface area contributed by atoms with E-state index in [0.29, 0.717) is 0 Å². The van der Waals surface area contributed by atoms with Gasteiger partial charge in [-0.3, -0.25) is 9.59 Å². The van der Waals surface area contributed by atoms with Crippen molar-refractivity contribution in [2.24, 2.45) is 5.90 Å². The van der Waals surface area contributed by atoms with Crippen LogP contribution in [0.1, 0.15) is 40.1 Å². The van der Waals surface area contributed by atoms with Crippen LogP contribution in [0.4, 0.5) is 0 Å². The van der Waals surface area contributed by atoms with Crippen LogP contribution in [0, 0.1) is 11.3 Å². The third-order valence-corrected chi connectivity index (χ3v) is 2.12. The van der Waals surface area contributed by atoms with Crippen molar-refractivity contribution in [1.82, 2.24) is 0 Å². The molecule has 0 bridgehead atoms. The predicted octanol–water partition coefficient (Wildman–Crippen LogP) is 1.22. The Balaban J connectivity index is 3.68. The number of hydrogen-bond acceptors (Lipinski definition) is 5. The smallest absolute Gasteiger partial charge is 0.164 e. The lowest BCUT2D eigenvalue weighted by molar-refractivity contribution is 0.0977. The first-order valence-electron chi connectivity index (χ1n) is 4.48. The Morgan fingerprint density at radius 3 is 2.19 bits per heavy atom. The summed E-state index contributed by atoms with van der Waals surface area (Å²) in [6.45, 7) is 2.56. The first-order valence-corrected chi connectivity index (χ1v) is 4.48. The fraction of sp³-hybridized carbons (Fsp3) is 0.182. The van der Waals surface area contributed by atoms with Gasteiger partial charge in [-0.15, -0.1) is 0 Å². The fourth-order valence-electron chi connectivity index (χ4n) is 1.49. The van der Waals surface area contributed by atoms with Gasteiger partial charge in [0.05, 0.1) is 17.2 Å². The van der Waals surface area contributed by atoms with E-state index in [0.717, 1.165) is 0 Å². The molecule has 0 radical (unpaired) electrons. The van der Waals surface area contributed by atoms with Crippen molar-refractivity contribution in [2.45, 2.75) is 13.8 Å². The van der Waals surface area contributed by atoms with E-state index in [2.05, 4.69) is 4.84 Å². The molecule has 1 aromatic rings. The highest BCUT2D eigenvalue weighted by Gasteiger charge is 2.20. The predicted molar refractivity (Wildman–Crippen MR) is 56.0 cm³/mol. The van der Waals surface area contributed by atoms with Crippen molar-refractivity contribution in [3.63, 3.8) is 0 Å². The molecule has 82 valence electrons. The van der Waals surface area contributed by atoms with E-state index in [1.807, 2.05) is 6.07 Å². The van der Waals surface area contributed by atoms with Gasteiger partial charge < -0.3 is 4.84 Å². The van der Waals surface area contributed by atoms with Crippen LogP contribution in [0.3, 0.4) is 0 Å². The van der Waals surface area contributed by atoms with E-state index >= 15 is 0 Å². The Hall–Kier alpha value is -2.19. The van der Waals surface area contributed by atoms with Crippen molar-refractivity contribution in [1.29, 1.82) is 5.26 Å². The van der Waals surface area contributed by atoms with E-state index in [1.165, 1.54) is 26.0 Å². The summed E-state index contributed by atoms with van der Waals surface area (Å²) >= 11 is 0. The van der Waals surface area contributed by atoms with Gasteiger partial charge in [0, 0.05) is 5.56 Å². The number of nitriles is 1. The Morgan fingerprint density at radius 2 is 1.81 bits per heavy atom. The molecule has 0 heterocycles. The number of rotatable bonds is 3. The average molecular weight is 218 g/mol. The molecule has 0 aromatic heterocycles. The van der Waals surface area contributed by atoms with E-state index in [-0.39, 0.29) is 34.0 Å². The Bertz CT molecular complexity index is 501. The zero-order chi connectivity index (χ0) is 12.3. The summed E-state index contributed by atoms with van der Waals surface area (Å²) in [4.78, 5) is 27.4. The largest absolute Gasteiger partial charge is 0.411 e. The fourth-order valence-corrected chi connectivity index (χ4v) is 1.49. The van der Waals surface area contributed by atoms with Crippen LogP contribution in [0.15, 0.2) is 12.1 Å². The molecule has 0 saturated carbocycles. The van der Waals surface area contributed by atoms with Gasteiger partial charge in [-0.2, -0.15) is 11.2 Å². The van der Waals surface area contributed by atoms with Crippen LogP contribution in [0.2, 0.25) is 0 Å². The Morgan fingerprint density at radius 1 is 1.25 bits per heavy atom. The van der Waals surface area contributed by atoms with Gasteiger partial charge in [0.2, 0.25) is 0 Å². The number of ketones is 2. The molecule has 2 N–H and O–H groups in total. The zero-order valence-corrected chi connectivity index (χ0v) is 8.90. The van der Waals surface area contributed by atoms with Crippen molar-refractivity contribution in [3.8, 4) is 11.8 Å². The first-order chi connectivity index (χ1) is 7.52. The number of Topliss-reactive ketones (excluding diaryl/α,β-unsaturated/α-hetero) is 2. The molecule has 0 aliphatic rings. The highest BCUT2D eigenvalue weighted by atomic mass is 16.6. The van der Waals surface area contributed by atoms with E-state index < -0.39 is 0 Å². The Kier molecular flexibility index (Phi) is 3.38. The maximum absolute atomic E-state index is 11.4. The molecule has 0 saturated heterocycles. The number of carbonyl (C=O) groups excluding carboxylic acids is 2. The lowest BCUT2D eigenvalue weighted by Gasteiger charge is -2.10. The minimum Gasteiger partial charge on any atom is -0.411 e. The van der Waals surface area contributed by atoms with E-state index in [1.54, 1.807) is 0 Å².